The van der Waals surface area contributed by atoms with Gasteiger partial charge in [-0.15, -0.1) is 0 Å². The van der Waals surface area contributed by atoms with E-state index in [4.69, 9.17) is 9.15 Å². The lowest BCUT2D eigenvalue weighted by Gasteiger charge is -2.33. The number of ether oxygens (including phenoxy) is 1. The molecule has 1 aliphatic rings. The highest BCUT2D eigenvalue weighted by Crippen LogP contribution is 2.37. The normalized spacial score (nSPS) is 17.4. The van der Waals surface area contributed by atoms with E-state index in [1.54, 1.807) is 6.07 Å². The number of phenolic OH excluding ortho intramolecular Hbond substituents is 1. The topological polar surface area (TPSA) is 45.8 Å². The van der Waals surface area contributed by atoms with Crippen molar-refractivity contribution in [3.05, 3.63) is 65.9 Å². The van der Waals surface area contributed by atoms with Crippen LogP contribution in [0, 0.1) is 0 Å². The van der Waals surface area contributed by atoms with Crippen LogP contribution in [0.1, 0.15) is 17.4 Å². The summed E-state index contributed by atoms with van der Waals surface area (Å²) in [6.07, 6.45) is 0. The first-order valence-electron chi connectivity index (χ1n) is 7.91. The van der Waals surface area contributed by atoms with Crippen LogP contribution in [0.25, 0.3) is 11.0 Å². The van der Waals surface area contributed by atoms with Gasteiger partial charge in [0.05, 0.1) is 19.3 Å². The van der Waals surface area contributed by atoms with Crippen LogP contribution < -0.4 is 0 Å². The lowest BCUT2D eigenvalue weighted by atomic mass is 10.0. The van der Waals surface area contributed by atoms with Gasteiger partial charge in [-0.2, -0.15) is 0 Å². The van der Waals surface area contributed by atoms with Gasteiger partial charge >= 0.3 is 0 Å². The molecule has 3 aromatic rings. The summed E-state index contributed by atoms with van der Waals surface area (Å²) in [7, 11) is 0. The third-order valence-corrected chi connectivity index (χ3v) is 4.36. The highest BCUT2D eigenvalue weighted by molar-refractivity contribution is 5.78. The maximum atomic E-state index is 10.3. The molecule has 0 spiro atoms. The predicted molar refractivity (Wildman–Crippen MR) is 88.6 cm³/mol. The monoisotopic (exact) mass is 309 g/mol. The van der Waals surface area contributed by atoms with Crippen LogP contribution in [0.2, 0.25) is 0 Å². The number of morpholine rings is 1. The van der Waals surface area contributed by atoms with Gasteiger partial charge in [0.1, 0.15) is 17.1 Å². The van der Waals surface area contributed by atoms with Gasteiger partial charge in [0.2, 0.25) is 0 Å². The molecule has 1 aliphatic heterocycles. The van der Waals surface area contributed by atoms with Crippen molar-refractivity contribution in [1.82, 2.24) is 4.90 Å². The molecule has 2 heterocycles. The largest absolute Gasteiger partial charge is 0.508 e. The van der Waals surface area contributed by atoms with Gasteiger partial charge < -0.3 is 14.3 Å². The van der Waals surface area contributed by atoms with E-state index in [-0.39, 0.29) is 6.04 Å². The number of phenols is 1. The molecule has 1 N–H and O–H groups in total. The molecular formula is C19H19NO3. The number of furan rings is 1. The van der Waals surface area contributed by atoms with E-state index in [9.17, 15) is 5.11 Å². The van der Waals surface area contributed by atoms with Crippen molar-refractivity contribution in [2.24, 2.45) is 0 Å². The van der Waals surface area contributed by atoms with Gasteiger partial charge in [0.15, 0.2) is 0 Å². The van der Waals surface area contributed by atoms with E-state index in [0.717, 1.165) is 35.4 Å². The van der Waals surface area contributed by atoms with Gasteiger partial charge in [-0.1, -0.05) is 36.4 Å². The fraction of sp³-hybridized carbons (Fsp3) is 0.263. The van der Waals surface area contributed by atoms with Crippen LogP contribution in [0.15, 0.2) is 59.0 Å². The first-order chi connectivity index (χ1) is 11.3. The number of hydrogen-bond donors (Lipinski definition) is 1. The Bertz CT molecular complexity index is 772. The molecule has 0 radical (unpaired) electrons. The van der Waals surface area contributed by atoms with Gasteiger partial charge in [-0.05, 0) is 18.2 Å². The molecule has 0 saturated carbocycles. The smallest absolute Gasteiger partial charge is 0.134 e. The number of benzene rings is 2. The van der Waals surface area contributed by atoms with Crippen molar-refractivity contribution in [2.75, 3.05) is 26.3 Å². The van der Waals surface area contributed by atoms with E-state index < -0.39 is 0 Å². The van der Waals surface area contributed by atoms with Crippen molar-refractivity contribution >= 4 is 11.0 Å². The fourth-order valence-corrected chi connectivity index (χ4v) is 3.22. The lowest BCUT2D eigenvalue weighted by molar-refractivity contribution is 0.0200. The number of hydrogen-bond acceptors (Lipinski definition) is 4. The number of aromatic hydroxyl groups is 1. The van der Waals surface area contributed by atoms with Crippen molar-refractivity contribution in [2.45, 2.75) is 6.04 Å². The van der Waals surface area contributed by atoms with Gasteiger partial charge in [0.25, 0.3) is 0 Å². The molecule has 1 fully saturated rings. The maximum absolute atomic E-state index is 10.3. The SMILES string of the molecule is Oc1ccccc1C(c1cc2ccccc2o1)N1CCOCC1. The van der Waals surface area contributed by atoms with Gasteiger partial charge in [-0.25, -0.2) is 0 Å². The van der Waals surface area contributed by atoms with Crippen LogP contribution in [0.5, 0.6) is 5.75 Å². The molecule has 2 aromatic carbocycles. The second kappa shape index (κ2) is 6.07. The third kappa shape index (κ3) is 2.71. The molecule has 118 valence electrons. The summed E-state index contributed by atoms with van der Waals surface area (Å²) in [5.41, 5.74) is 1.74. The van der Waals surface area contributed by atoms with Crippen molar-refractivity contribution < 1.29 is 14.3 Å². The Labute approximate surface area is 134 Å². The fourth-order valence-electron chi connectivity index (χ4n) is 3.22. The summed E-state index contributed by atoms with van der Waals surface area (Å²) >= 11 is 0. The number of para-hydroxylation sites is 2. The van der Waals surface area contributed by atoms with Crippen molar-refractivity contribution in [3.8, 4) is 5.75 Å². The molecule has 1 atom stereocenters. The Morgan fingerprint density at radius 3 is 2.48 bits per heavy atom. The zero-order valence-corrected chi connectivity index (χ0v) is 12.8. The van der Waals surface area contributed by atoms with Crippen molar-refractivity contribution in [1.29, 1.82) is 0 Å². The van der Waals surface area contributed by atoms with E-state index in [0.29, 0.717) is 19.0 Å². The van der Waals surface area contributed by atoms with Crippen LogP contribution in [-0.4, -0.2) is 36.3 Å². The molecule has 4 heteroatoms. The minimum atomic E-state index is -0.104. The van der Waals surface area contributed by atoms with Gasteiger partial charge in [-0.3, -0.25) is 4.90 Å². The number of nitrogens with zero attached hydrogens (tertiary/aromatic N) is 1. The highest BCUT2D eigenvalue weighted by Gasteiger charge is 2.29. The molecule has 1 aromatic heterocycles. The van der Waals surface area contributed by atoms with E-state index >= 15 is 0 Å². The minimum absolute atomic E-state index is 0.104. The van der Waals surface area contributed by atoms with Gasteiger partial charge in [0, 0.05) is 24.0 Å². The molecule has 23 heavy (non-hydrogen) atoms. The summed E-state index contributed by atoms with van der Waals surface area (Å²) in [4.78, 5) is 2.30. The molecule has 4 nitrogen and oxygen atoms in total. The molecule has 0 amide bonds. The quantitative estimate of drug-likeness (QED) is 0.803. The standard InChI is InChI=1S/C19H19NO3/c21-16-7-3-2-6-15(16)19(20-9-11-22-12-10-20)18-13-14-5-1-4-8-17(14)23-18/h1-8,13,19,21H,9-12H2. The van der Waals surface area contributed by atoms with Crippen LogP contribution in [-0.2, 0) is 4.74 Å². The first kappa shape index (κ1) is 14.3. The minimum Gasteiger partial charge on any atom is -0.508 e. The summed E-state index contributed by atoms with van der Waals surface area (Å²) in [5, 5.41) is 11.4. The Hall–Kier alpha value is -2.30. The average Bonchev–Trinajstić information content (AvgIpc) is 3.01. The highest BCUT2D eigenvalue weighted by atomic mass is 16.5. The summed E-state index contributed by atoms with van der Waals surface area (Å²) < 4.78 is 11.6. The summed E-state index contributed by atoms with van der Waals surface area (Å²) in [6.45, 7) is 3.03. The van der Waals surface area contributed by atoms with Crippen molar-refractivity contribution in [3.63, 3.8) is 0 Å². The zero-order valence-electron chi connectivity index (χ0n) is 12.8. The molecule has 0 aliphatic carbocycles. The lowest BCUT2D eigenvalue weighted by Crippen LogP contribution is -2.39. The Morgan fingerprint density at radius 2 is 1.70 bits per heavy atom. The van der Waals surface area contributed by atoms with E-state index in [1.165, 1.54) is 0 Å². The molecular weight excluding hydrogens is 290 g/mol. The molecule has 4 rings (SSSR count). The van der Waals surface area contributed by atoms with E-state index in [2.05, 4.69) is 11.0 Å². The third-order valence-electron chi connectivity index (χ3n) is 4.36. The molecule has 1 saturated heterocycles. The molecule has 0 bridgehead atoms. The Morgan fingerprint density at radius 1 is 0.957 bits per heavy atom. The van der Waals surface area contributed by atoms with Crippen LogP contribution in [0.3, 0.4) is 0 Å². The number of rotatable bonds is 3. The summed E-state index contributed by atoms with van der Waals surface area (Å²) in [5.74, 6) is 1.15. The zero-order chi connectivity index (χ0) is 15.6. The summed E-state index contributed by atoms with van der Waals surface area (Å²) in [6, 6.07) is 17.4. The molecule has 1 unspecified atom stereocenters. The second-order valence-corrected chi connectivity index (χ2v) is 5.80. The first-order valence-corrected chi connectivity index (χ1v) is 7.91. The maximum Gasteiger partial charge on any atom is 0.134 e. The Kier molecular flexibility index (Phi) is 3.77. The van der Waals surface area contributed by atoms with Crippen LogP contribution in [0.4, 0.5) is 0 Å². The number of fused-ring (bicyclic) bond motifs is 1. The Balaban J connectivity index is 1.82. The van der Waals surface area contributed by atoms with Crippen LogP contribution >= 0.6 is 0 Å². The predicted octanol–water partition coefficient (Wildman–Crippen LogP) is 3.56. The second-order valence-electron chi connectivity index (χ2n) is 5.80. The average molecular weight is 309 g/mol. The van der Waals surface area contributed by atoms with E-state index in [1.807, 2.05) is 42.5 Å².